The number of rotatable bonds is 6. The van der Waals surface area contributed by atoms with Crippen LogP contribution in [0.25, 0.3) is 11.0 Å². The topological polar surface area (TPSA) is 98.9 Å². The maximum Gasteiger partial charge on any atom is 0.332 e. The van der Waals surface area contributed by atoms with Gasteiger partial charge in [-0.1, -0.05) is 69.8 Å². The Bertz CT molecular complexity index is 1260. The van der Waals surface area contributed by atoms with Gasteiger partial charge in [-0.15, -0.1) is 0 Å². The van der Waals surface area contributed by atoms with Crippen molar-refractivity contribution in [1.82, 2.24) is 24.4 Å². The highest BCUT2D eigenvalue weighted by Crippen LogP contribution is 2.30. The van der Waals surface area contributed by atoms with Crippen molar-refractivity contribution in [2.75, 3.05) is 0 Å². The normalized spacial score (nSPS) is 12.7. The molecule has 0 saturated carbocycles. The number of carbonyl (C=O) groups excluding carboxylic acids is 1. The third-order valence-corrected chi connectivity index (χ3v) is 6.51. The number of amides is 1. The Morgan fingerprint density at radius 1 is 1.09 bits per heavy atom. The van der Waals surface area contributed by atoms with Gasteiger partial charge in [-0.2, -0.15) is 0 Å². The Hall–Kier alpha value is -2.94. The van der Waals surface area contributed by atoms with Gasteiger partial charge in [0.25, 0.3) is 5.56 Å². The van der Waals surface area contributed by atoms with Crippen molar-refractivity contribution >= 4 is 28.7 Å². The number of carbonyl (C=O) groups is 1. The maximum atomic E-state index is 13.0. The van der Waals surface area contributed by atoms with Crippen LogP contribution >= 0.6 is 11.8 Å². The van der Waals surface area contributed by atoms with Crippen LogP contribution in [0.2, 0.25) is 0 Å². The number of benzene rings is 1. The van der Waals surface area contributed by atoms with E-state index in [1.807, 2.05) is 58.0 Å². The number of thioether (sulfide) groups is 1. The molecule has 2 aromatic heterocycles. The number of aryl methyl sites for hydroxylation is 1. The molecule has 8 nitrogen and oxygen atoms in total. The molecular weight excluding hydrogens is 426 g/mol. The fourth-order valence-electron chi connectivity index (χ4n) is 3.21. The first-order valence-electron chi connectivity index (χ1n) is 10.5. The lowest BCUT2D eigenvalue weighted by atomic mass is 9.96. The molecule has 0 spiro atoms. The molecule has 1 atom stereocenters. The standard InChI is InChI=1S/C23H29N5O3S/c1-7-15(18(29)24-13-14-11-9-8-10-12-14)32-19-16-17(25-21(26-19)23(2,3)4)27(5)22(31)28(6)20(16)30/h8-12,15H,7,13H2,1-6H3,(H,24,29). The van der Waals surface area contributed by atoms with Gasteiger partial charge in [0, 0.05) is 26.1 Å². The maximum absolute atomic E-state index is 13.0. The second-order valence-corrected chi connectivity index (χ2v) is 9.92. The second kappa shape index (κ2) is 9.28. The Balaban J connectivity index is 2.04. The molecule has 1 unspecified atom stereocenters. The molecule has 0 saturated heterocycles. The number of nitrogens with one attached hydrogen (secondary N) is 1. The van der Waals surface area contributed by atoms with Crippen molar-refractivity contribution in [2.45, 2.75) is 56.4 Å². The fraction of sp³-hybridized carbons (Fsp3) is 0.435. The van der Waals surface area contributed by atoms with Crippen molar-refractivity contribution in [2.24, 2.45) is 14.1 Å². The van der Waals surface area contributed by atoms with E-state index in [9.17, 15) is 14.4 Å². The molecule has 1 amide bonds. The van der Waals surface area contributed by atoms with E-state index in [0.717, 1.165) is 10.1 Å². The van der Waals surface area contributed by atoms with E-state index in [1.54, 1.807) is 7.05 Å². The molecule has 0 aliphatic rings. The molecule has 1 aromatic carbocycles. The minimum absolute atomic E-state index is 0.132. The van der Waals surface area contributed by atoms with Crippen LogP contribution in [-0.2, 0) is 30.8 Å². The molecule has 9 heteroatoms. The largest absolute Gasteiger partial charge is 0.351 e. The van der Waals surface area contributed by atoms with Crippen molar-refractivity contribution in [1.29, 1.82) is 0 Å². The molecule has 0 radical (unpaired) electrons. The summed E-state index contributed by atoms with van der Waals surface area (Å²) in [5.41, 5.74) is -0.0415. The minimum atomic E-state index is -0.467. The van der Waals surface area contributed by atoms with Gasteiger partial charge in [0.05, 0.1) is 5.25 Å². The van der Waals surface area contributed by atoms with Gasteiger partial charge in [0.15, 0.2) is 5.65 Å². The zero-order chi connectivity index (χ0) is 23.6. The van der Waals surface area contributed by atoms with Gasteiger partial charge in [0.2, 0.25) is 5.91 Å². The highest BCUT2D eigenvalue weighted by molar-refractivity contribution is 8.00. The molecule has 1 N–H and O–H groups in total. The molecule has 0 bridgehead atoms. The summed E-state index contributed by atoms with van der Waals surface area (Å²) in [5.74, 6) is 0.377. The quantitative estimate of drug-likeness (QED) is 0.453. The van der Waals surface area contributed by atoms with Gasteiger partial charge in [-0.3, -0.25) is 18.7 Å². The van der Waals surface area contributed by atoms with Crippen LogP contribution in [-0.4, -0.2) is 30.3 Å². The van der Waals surface area contributed by atoms with Crippen LogP contribution < -0.4 is 16.6 Å². The SMILES string of the molecule is CCC(Sc1nc(C(C)(C)C)nc2c1c(=O)n(C)c(=O)n2C)C(=O)NCc1ccccc1. The van der Waals surface area contributed by atoms with Gasteiger partial charge >= 0.3 is 5.69 Å². The highest BCUT2D eigenvalue weighted by atomic mass is 32.2. The minimum Gasteiger partial charge on any atom is -0.351 e. The van der Waals surface area contributed by atoms with Gasteiger partial charge < -0.3 is 5.32 Å². The lowest BCUT2D eigenvalue weighted by Crippen LogP contribution is -2.38. The summed E-state index contributed by atoms with van der Waals surface area (Å²) in [5, 5.41) is 3.18. The Morgan fingerprint density at radius 2 is 1.75 bits per heavy atom. The monoisotopic (exact) mass is 455 g/mol. The summed E-state index contributed by atoms with van der Waals surface area (Å²) in [6.07, 6.45) is 0.549. The van der Waals surface area contributed by atoms with Crippen LogP contribution in [0.3, 0.4) is 0 Å². The van der Waals surface area contributed by atoms with E-state index in [1.165, 1.54) is 23.4 Å². The number of nitrogens with zero attached hydrogens (tertiary/aromatic N) is 4. The van der Waals surface area contributed by atoms with E-state index >= 15 is 0 Å². The van der Waals surface area contributed by atoms with Crippen molar-refractivity contribution in [3.05, 3.63) is 62.6 Å². The van der Waals surface area contributed by atoms with Gasteiger partial charge in [-0.05, 0) is 12.0 Å². The molecule has 3 aromatic rings. The summed E-state index contributed by atoms with van der Waals surface area (Å²) in [6, 6.07) is 9.68. The predicted octanol–water partition coefficient (Wildman–Crippen LogP) is 2.51. The molecule has 170 valence electrons. The summed E-state index contributed by atoms with van der Waals surface area (Å²) in [7, 11) is 3.02. The van der Waals surface area contributed by atoms with Crippen molar-refractivity contribution in [3.63, 3.8) is 0 Å². The van der Waals surface area contributed by atoms with Crippen LogP contribution in [0.5, 0.6) is 0 Å². The molecule has 32 heavy (non-hydrogen) atoms. The van der Waals surface area contributed by atoms with E-state index < -0.39 is 21.9 Å². The lowest BCUT2D eigenvalue weighted by molar-refractivity contribution is -0.120. The first-order chi connectivity index (χ1) is 15.0. The Labute approximate surface area is 191 Å². The van der Waals surface area contributed by atoms with E-state index in [4.69, 9.17) is 0 Å². The Morgan fingerprint density at radius 3 is 2.34 bits per heavy atom. The first-order valence-corrected chi connectivity index (χ1v) is 11.4. The molecule has 3 rings (SSSR count). The van der Waals surface area contributed by atoms with Crippen LogP contribution in [0.15, 0.2) is 44.9 Å². The number of hydrogen-bond acceptors (Lipinski definition) is 6. The van der Waals surface area contributed by atoms with E-state index in [-0.39, 0.29) is 16.9 Å². The van der Waals surface area contributed by atoms with Crippen molar-refractivity contribution in [3.8, 4) is 0 Å². The van der Waals surface area contributed by atoms with E-state index in [2.05, 4.69) is 15.3 Å². The summed E-state index contributed by atoms with van der Waals surface area (Å²) in [6.45, 7) is 8.23. The van der Waals surface area contributed by atoms with Crippen LogP contribution in [0.1, 0.15) is 45.5 Å². The summed E-state index contributed by atoms with van der Waals surface area (Å²) in [4.78, 5) is 47.6. The number of hydrogen-bond donors (Lipinski definition) is 1. The molecule has 0 aliphatic heterocycles. The second-order valence-electron chi connectivity index (χ2n) is 8.72. The molecular formula is C23H29N5O3S. The summed E-state index contributed by atoms with van der Waals surface area (Å²) >= 11 is 1.24. The fourth-order valence-corrected chi connectivity index (χ4v) is 4.27. The van der Waals surface area contributed by atoms with Gasteiger partial charge in [-0.25, -0.2) is 14.8 Å². The summed E-state index contributed by atoms with van der Waals surface area (Å²) < 4.78 is 2.40. The number of fused-ring (bicyclic) bond motifs is 1. The average molecular weight is 456 g/mol. The third-order valence-electron chi connectivity index (χ3n) is 5.16. The van der Waals surface area contributed by atoms with Crippen LogP contribution in [0, 0.1) is 0 Å². The van der Waals surface area contributed by atoms with Gasteiger partial charge in [0.1, 0.15) is 16.2 Å². The zero-order valence-electron chi connectivity index (χ0n) is 19.3. The predicted molar refractivity (Wildman–Crippen MR) is 127 cm³/mol. The lowest BCUT2D eigenvalue weighted by Gasteiger charge is -2.21. The first kappa shape index (κ1) is 23.7. The molecule has 2 heterocycles. The molecule has 0 fully saturated rings. The number of aromatic nitrogens is 4. The smallest absolute Gasteiger partial charge is 0.332 e. The zero-order valence-corrected chi connectivity index (χ0v) is 20.1. The highest BCUT2D eigenvalue weighted by Gasteiger charge is 2.26. The van der Waals surface area contributed by atoms with Crippen molar-refractivity contribution < 1.29 is 4.79 Å². The van der Waals surface area contributed by atoms with Crippen LogP contribution in [0.4, 0.5) is 0 Å². The third kappa shape index (κ3) is 4.77. The van der Waals surface area contributed by atoms with E-state index in [0.29, 0.717) is 23.8 Å². The Kier molecular flexibility index (Phi) is 6.88. The molecule has 0 aliphatic carbocycles. The average Bonchev–Trinajstić information content (AvgIpc) is 2.77.